The number of esters is 2. The van der Waals surface area contributed by atoms with Gasteiger partial charge in [-0.1, -0.05) is 45.7 Å². The Morgan fingerprint density at radius 3 is 2.25 bits per heavy atom. The second-order valence-corrected chi connectivity index (χ2v) is 15.6. The summed E-state index contributed by atoms with van der Waals surface area (Å²) in [5.41, 5.74) is 0.228. The number of aryl methyl sites for hydroxylation is 2. The van der Waals surface area contributed by atoms with E-state index in [4.69, 9.17) is 4.74 Å². The van der Waals surface area contributed by atoms with Gasteiger partial charge < -0.3 is 19.7 Å². The number of hydrogen-bond acceptors (Lipinski definition) is 11. The van der Waals surface area contributed by atoms with Crippen LogP contribution in [0, 0.1) is 40.9 Å². The molecule has 57 heavy (non-hydrogen) atoms. The number of ether oxygens (including phenoxy) is 2. The summed E-state index contributed by atoms with van der Waals surface area (Å²) in [5.74, 6) is -16.8. The predicted molar refractivity (Wildman–Crippen MR) is 198 cm³/mol. The van der Waals surface area contributed by atoms with Crippen LogP contribution in [0.2, 0.25) is 0 Å². The molecule has 4 rings (SSSR count). The van der Waals surface area contributed by atoms with Crippen molar-refractivity contribution in [1.82, 2.24) is 35.1 Å². The van der Waals surface area contributed by atoms with E-state index in [9.17, 15) is 41.1 Å². The first kappa shape index (κ1) is 45.2. The molecule has 0 spiro atoms. The van der Waals surface area contributed by atoms with Gasteiger partial charge in [0.05, 0.1) is 11.7 Å². The molecule has 1 aliphatic heterocycles. The Kier molecular flexibility index (Phi) is 16.1. The van der Waals surface area contributed by atoms with Gasteiger partial charge in [0.2, 0.25) is 46.6 Å². The fraction of sp³-hybridized carbons (Fsp3) is 0.605. The molecule has 19 heteroatoms. The molecule has 2 aromatic heterocycles. The molecule has 3 heterocycles. The number of halogens is 5. The van der Waals surface area contributed by atoms with Crippen LogP contribution in [0.5, 0.6) is 5.75 Å². The third-order valence-corrected chi connectivity index (χ3v) is 11.1. The topological polar surface area (TPSA) is 149 Å². The predicted octanol–water partition coefficient (Wildman–Crippen LogP) is 6.07. The summed E-state index contributed by atoms with van der Waals surface area (Å²) in [6.45, 7) is 9.79. The van der Waals surface area contributed by atoms with E-state index in [1.54, 1.807) is 16.6 Å². The van der Waals surface area contributed by atoms with E-state index >= 15 is 0 Å². The van der Waals surface area contributed by atoms with E-state index in [-0.39, 0.29) is 47.7 Å². The zero-order valence-electron chi connectivity index (χ0n) is 33.1. The Morgan fingerprint density at radius 1 is 1.00 bits per heavy atom. The molecule has 1 aromatic carbocycles. The molecule has 0 aliphatic carbocycles. The largest absolute Gasteiger partial charge is 0.455 e. The number of nitrogens with one attached hydrogen (secondary N) is 1. The van der Waals surface area contributed by atoms with Gasteiger partial charge in [-0.05, 0) is 57.5 Å². The van der Waals surface area contributed by atoms with Crippen LogP contribution in [-0.2, 0) is 32.6 Å². The molecule has 0 radical (unpaired) electrons. The van der Waals surface area contributed by atoms with Gasteiger partial charge in [-0.25, -0.2) is 22.9 Å². The van der Waals surface area contributed by atoms with E-state index in [0.717, 1.165) is 48.7 Å². The average molecular weight is 828 g/mol. The van der Waals surface area contributed by atoms with E-state index in [0.29, 0.717) is 32.1 Å². The Morgan fingerprint density at radius 2 is 1.67 bits per heavy atom. The Labute approximate surface area is 332 Å². The highest BCUT2D eigenvalue weighted by Gasteiger charge is 2.39. The quantitative estimate of drug-likeness (QED) is 0.0400. The van der Waals surface area contributed by atoms with Crippen LogP contribution < -0.4 is 10.1 Å². The number of likely N-dealkylation sites (tertiary alicyclic amines) is 1. The van der Waals surface area contributed by atoms with Crippen molar-refractivity contribution in [3.8, 4) is 5.75 Å². The summed E-state index contributed by atoms with van der Waals surface area (Å²) in [5, 5.41) is 12.4. The fourth-order valence-corrected chi connectivity index (χ4v) is 7.61. The number of rotatable bonds is 18. The zero-order chi connectivity index (χ0) is 42.1. The number of likely N-dealkylation sites (N-methyl/N-ethyl adjacent to an activating group) is 1. The summed E-state index contributed by atoms with van der Waals surface area (Å²) in [7, 11) is 3.65. The lowest BCUT2D eigenvalue weighted by molar-refractivity contribution is -0.149. The number of piperidine rings is 1. The van der Waals surface area contributed by atoms with E-state index < -0.39 is 70.7 Å². The van der Waals surface area contributed by atoms with Gasteiger partial charge in [0.1, 0.15) is 11.0 Å². The lowest BCUT2D eigenvalue weighted by Gasteiger charge is -2.40. The van der Waals surface area contributed by atoms with Crippen molar-refractivity contribution in [2.45, 2.75) is 110 Å². The zero-order valence-corrected chi connectivity index (χ0v) is 33.9. The molecule has 0 bridgehead atoms. The molecule has 2 amide bonds. The minimum Gasteiger partial charge on any atom is -0.455 e. The normalized spacial score (nSPS) is 16.8. The standard InChI is InChI=1S/C38H50F5N7O6S/c1-8-21(4)33(45-35(52)25-14-10-11-15-48(25)6)37(53)50(16-12-9-13-23-18-49(7)47-46-23)26(20(2)3)17-27(55-22(5)51)36-44-24(19-57-36)38(54)56-34-31(42)29(40)28(39)30(41)32(34)43/h18-21,25-27,33H,8-17H2,1-7H3,(H,45,52)/t21-,25+,26+,27+,33-/m0/s1. The second kappa shape index (κ2) is 20.3. The van der Waals surface area contributed by atoms with Crippen LogP contribution >= 0.6 is 11.3 Å². The Bertz CT molecular complexity index is 1860. The van der Waals surface area contributed by atoms with Crippen LogP contribution in [0.3, 0.4) is 0 Å². The maximum atomic E-state index is 14.8. The summed E-state index contributed by atoms with van der Waals surface area (Å²) in [4.78, 5) is 61.7. The Hall–Kier alpha value is -4.52. The smallest absolute Gasteiger partial charge is 0.363 e. The van der Waals surface area contributed by atoms with Crippen LogP contribution in [0.1, 0.15) is 107 Å². The first-order valence-electron chi connectivity index (χ1n) is 19.0. The molecule has 0 saturated carbocycles. The molecular weight excluding hydrogens is 778 g/mol. The molecule has 1 N–H and O–H groups in total. The number of aromatic nitrogens is 4. The number of carbonyl (C=O) groups excluding carboxylic acids is 4. The van der Waals surface area contributed by atoms with Crippen LogP contribution in [0.15, 0.2) is 11.6 Å². The first-order valence-corrected chi connectivity index (χ1v) is 19.8. The van der Waals surface area contributed by atoms with Crippen molar-refractivity contribution in [1.29, 1.82) is 0 Å². The van der Waals surface area contributed by atoms with Crippen molar-refractivity contribution in [3.63, 3.8) is 0 Å². The molecule has 1 fully saturated rings. The fourth-order valence-electron chi connectivity index (χ4n) is 6.78. The number of benzene rings is 1. The maximum absolute atomic E-state index is 14.8. The van der Waals surface area contributed by atoms with Crippen molar-refractivity contribution < 1.29 is 50.6 Å². The van der Waals surface area contributed by atoms with Crippen LogP contribution in [0.4, 0.5) is 22.0 Å². The van der Waals surface area contributed by atoms with Gasteiger partial charge in [-0.15, -0.1) is 16.4 Å². The summed E-state index contributed by atoms with van der Waals surface area (Å²) in [6.07, 6.45) is 5.55. The highest BCUT2D eigenvalue weighted by molar-refractivity contribution is 7.09. The van der Waals surface area contributed by atoms with E-state index in [2.05, 4.69) is 25.3 Å². The van der Waals surface area contributed by atoms with Crippen LogP contribution in [-0.4, -0.2) is 91.8 Å². The number of amides is 2. The van der Waals surface area contributed by atoms with Crippen molar-refractivity contribution >= 4 is 35.1 Å². The summed E-state index contributed by atoms with van der Waals surface area (Å²) in [6, 6.07) is -1.88. The van der Waals surface area contributed by atoms with Gasteiger partial charge >= 0.3 is 11.9 Å². The lowest BCUT2D eigenvalue weighted by atomic mass is 9.91. The number of nitrogens with zero attached hydrogens (tertiary/aromatic N) is 6. The van der Waals surface area contributed by atoms with Gasteiger partial charge in [-0.2, -0.15) is 8.78 Å². The molecular formula is C38H50F5N7O6S. The SMILES string of the molecule is CC[C@H](C)[C@H](NC(=O)[C@H]1CCCCN1C)C(=O)N(CCCCc1cn(C)nn1)[C@H](C[C@@H](OC(C)=O)c1nc(C(=O)Oc2c(F)c(F)c(F)c(F)c2F)cs1)C(C)C. The maximum Gasteiger partial charge on any atom is 0.363 e. The first-order chi connectivity index (χ1) is 26.9. The number of unbranched alkanes of at least 4 members (excludes halogenated alkanes) is 1. The minimum absolute atomic E-state index is 0.0146. The molecule has 314 valence electrons. The molecule has 13 nitrogen and oxygen atoms in total. The van der Waals surface area contributed by atoms with Crippen LogP contribution in [0.25, 0.3) is 0 Å². The third kappa shape index (κ3) is 11.3. The van der Waals surface area contributed by atoms with E-state index in [1.165, 1.54) is 0 Å². The lowest BCUT2D eigenvalue weighted by Crippen LogP contribution is -2.59. The van der Waals surface area contributed by atoms with Gasteiger partial charge in [0.15, 0.2) is 11.8 Å². The molecule has 0 unspecified atom stereocenters. The highest BCUT2D eigenvalue weighted by Crippen LogP contribution is 2.33. The number of hydrogen-bond donors (Lipinski definition) is 1. The summed E-state index contributed by atoms with van der Waals surface area (Å²) >= 11 is 0.825. The minimum atomic E-state index is -2.42. The molecule has 3 aromatic rings. The van der Waals surface area contributed by atoms with Gasteiger partial charge in [0.25, 0.3) is 0 Å². The molecule has 5 atom stereocenters. The van der Waals surface area contributed by atoms with Gasteiger partial charge in [0, 0.05) is 44.6 Å². The van der Waals surface area contributed by atoms with E-state index in [1.807, 2.05) is 45.8 Å². The number of thiazole rings is 1. The summed E-state index contributed by atoms with van der Waals surface area (Å²) < 4.78 is 81.5. The highest BCUT2D eigenvalue weighted by atomic mass is 32.1. The Balaban J connectivity index is 1.65. The second-order valence-electron chi connectivity index (χ2n) is 14.7. The monoisotopic (exact) mass is 827 g/mol. The van der Waals surface area contributed by atoms with Gasteiger partial charge in [-0.3, -0.25) is 24.0 Å². The van der Waals surface area contributed by atoms with Crippen molar-refractivity contribution in [2.24, 2.45) is 18.9 Å². The third-order valence-electron chi connectivity index (χ3n) is 10.2. The van der Waals surface area contributed by atoms with Crippen molar-refractivity contribution in [3.05, 3.63) is 57.1 Å². The molecule has 1 aliphatic rings. The van der Waals surface area contributed by atoms with Crippen molar-refractivity contribution in [2.75, 3.05) is 20.1 Å². The average Bonchev–Trinajstić information content (AvgIpc) is 3.84. The molecule has 1 saturated heterocycles. The number of carbonyl (C=O) groups is 4.